The van der Waals surface area contributed by atoms with E-state index in [-0.39, 0.29) is 5.95 Å². The van der Waals surface area contributed by atoms with Gasteiger partial charge < -0.3 is 4.74 Å². The Morgan fingerprint density at radius 2 is 2.00 bits per heavy atom. The molecule has 0 radical (unpaired) electrons. The minimum absolute atomic E-state index is 0.275. The lowest BCUT2D eigenvalue weighted by Gasteiger charge is -2.08. The standard InChI is InChI=1S/C13H10BrN5O/c14-10-7-17-13(19-15)18-12(10)20-9-5-8-3-1-2-4-11(8)16-6-9/h1-7H,15H2,(H,17,18,19). The number of nitrogens with one attached hydrogen (secondary N) is 1. The van der Waals surface area contributed by atoms with Gasteiger partial charge in [-0.25, -0.2) is 10.8 Å². The van der Waals surface area contributed by atoms with Gasteiger partial charge in [-0.15, -0.1) is 0 Å². The van der Waals surface area contributed by atoms with Crippen LogP contribution in [0.4, 0.5) is 5.95 Å². The first-order chi connectivity index (χ1) is 9.76. The zero-order valence-electron chi connectivity index (χ0n) is 10.2. The van der Waals surface area contributed by atoms with E-state index in [0.29, 0.717) is 16.1 Å². The summed E-state index contributed by atoms with van der Waals surface area (Å²) in [5.74, 6) is 6.51. The summed E-state index contributed by atoms with van der Waals surface area (Å²) >= 11 is 3.33. The summed E-state index contributed by atoms with van der Waals surface area (Å²) in [7, 11) is 0. The molecule has 3 aromatic rings. The lowest BCUT2D eigenvalue weighted by atomic mass is 10.2. The molecule has 2 aromatic heterocycles. The minimum Gasteiger partial charge on any atom is -0.436 e. The molecule has 0 saturated heterocycles. The number of hydrogen-bond donors (Lipinski definition) is 2. The van der Waals surface area contributed by atoms with Crippen LogP contribution in [0.1, 0.15) is 0 Å². The number of halogens is 1. The second kappa shape index (κ2) is 5.40. The number of fused-ring (bicyclic) bond motifs is 1. The summed E-state index contributed by atoms with van der Waals surface area (Å²) in [5.41, 5.74) is 3.28. The minimum atomic E-state index is 0.275. The highest BCUT2D eigenvalue weighted by Gasteiger charge is 2.08. The van der Waals surface area contributed by atoms with Crippen molar-refractivity contribution in [3.8, 4) is 11.6 Å². The summed E-state index contributed by atoms with van der Waals surface area (Å²) < 4.78 is 6.33. The average molecular weight is 332 g/mol. The molecule has 2 heterocycles. The fourth-order valence-corrected chi connectivity index (χ4v) is 1.98. The van der Waals surface area contributed by atoms with E-state index in [1.54, 1.807) is 12.4 Å². The molecule has 0 spiro atoms. The molecular weight excluding hydrogens is 322 g/mol. The first kappa shape index (κ1) is 12.8. The lowest BCUT2D eigenvalue weighted by Crippen LogP contribution is -2.10. The van der Waals surface area contributed by atoms with Gasteiger partial charge in [-0.1, -0.05) is 18.2 Å². The highest BCUT2D eigenvalue weighted by molar-refractivity contribution is 9.10. The van der Waals surface area contributed by atoms with Gasteiger partial charge in [-0.3, -0.25) is 10.4 Å². The summed E-state index contributed by atoms with van der Waals surface area (Å²) in [4.78, 5) is 12.4. The summed E-state index contributed by atoms with van der Waals surface area (Å²) in [5, 5.41) is 0.993. The van der Waals surface area contributed by atoms with Crippen molar-refractivity contribution in [1.29, 1.82) is 0 Å². The average Bonchev–Trinajstić information content (AvgIpc) is 2.49. The Hall–Kier alpha value is -2.25. The van der Waals surface area contributed by atoms with Crippen LogP contribution in [0, 0.1) is 0 Å². The predicted molar refractivity (Wildman–Crippen MR) is 79.4 cm³/mol. The maximum atomic E-state index is 5.70. The van der Waals surface area contributed by atoms with Crippen LogP contribution in [0.2, 0.25) is 0 Å². The van der Waals surface area contributed by atoms with Crippen molar-refractivity contribution >= 4 is 32.8 Å². The Kier molecular flexibility index (Phi) is 3.44. The maximum Gasteiger partial charge on any atom is 0.240 e. The molecule has 3 N–H and O–H groups in total. The van der Waals surface area contributed by atoms with Crippen molar-refractivity contribution in [2.24, 2.45) is 5.84 Å². The van der Waals surface area contributed by atoms with Crippen LogP contribution in [0.25, 0.3) is 10.9 Å². The fraction of sp³-hybridized carbons (Fsp3) is 0. The van der Waals surface area contributed by atoms with Crippen LogP contribution < -0.4 is 16.0 Å². The first-order valence-corrected chi connectivity index (χ1v) is 6.57. The van der Waals surface area contributed by atoms with Gasteiger partial charge in [0.1, 0.15) is 5.75 Å². The van der Waals surface area contributed by atoms with Crippen LogP contribution in [-0.4, -0.2) is 15.0 Å². The largest absolute Gasteiger partial charge is 0.436 e. The molecule has 0 fully saturated rings. The number of nitrogen functional groups attached to an aromatic ring is 1. The maximum absolute atomic E-state index is 5.70. The van der Waals surface area contributed by atoms with Crippen LogP contribution in [0.15, 0.2) is 47.2 Å². The number of pyridine rings is 1. The number of ether oxygens (including phenoxy) is 1. The highest BCUT2D eigenvalue weighted by atomic mass is 79.9. The van der Waals surface area contributed by atoms with Crippen molar-refractivity contribution in [1.82, 2.24) is 15.0 Å². The van der Waals surface area contributed by atoms with Gasteiger partial charge >= 0.3 is 0 Å². The van der Waals surface area contributed by atoms with Gasteiger partial charge in [0.15, 0.2) is 0 Å². The number of aromatic nitrogens is 3. The quantitative estimate of drug-likeness (QED) is 0.567. The molecule has 20 heavy (non-hydrogen) atoms. The fourth-order valence-electron chi connectivity index (χ4n) is 1.71. The third-order valence-electron chi connectivity index (χ3n) is 2.62. The molecule has 0 aliphatic heterocycles. The zero-order chi connectivity index (χ0) is 13.9. The Morgan fingerprint density at radius 3 is 2.85 bits per heavy atom. The van der Waals surface area contributed by atoms with Gasteiger partial charge in [-0.2, -0.15) is 4.98 Å². The third-order valence-corrected chi connectivity index (χ3v) is 3.16. The van der Waals surface area contributed by atoms with Crippen molar-refractivity contribution < 1.29 is 4.74 Å². The van der Waals surface area contributed by atoms with E-state index in [4.69, 9.17) is 10.6 Å². The summed E-state index contributed by atoms with van der Waals surface area (Å²) in [6.45, 7) is 0. The van der Waals surface area contributed by atoms with Crippen molar-refractivity contribution in [2.45, 2.75) is 0 Å². The molecule has 0 atom stereocenters. The van der Waals surface area contributed by atoms with Gasteiger partial charge in [0.2, 0.25) is 11.8 Å². The smallest absolute Gasteiger partial charge is 0.240 e. The highest BCUT2D eigenvalue weighted by Crippen LogP contribution is 2.28. The van der Waals surface area contributed by atoms with Crippen molar-refractivity contribution in [3.05, 3.63) is 47.2 Å². The Bertz CT molecular complexity index is 765. The molecule has 0 bridgehead atoms. The van der Waals surface area contributed by atoms with Crippen LogP contribution in [-0.2, 0) is 0 Å². The number of hydrogen-bond acceptors (Lipinski definition) is 6. The van der Waals surface area contributed by atoms with Crippen molar-refractivity contribution in [2.75, 3.05) is 5.43 Å². The molecule has 1 aromatic carbocycles. The van der Waals surface area contributed by atoms with E-state index in [0.717, 1.165) is 10.9 Å². The van der Waals surface area contributed by atoms with E-state index < -0.39 is 0 Å². The second-order valence-corrected chi connectivity index (χ2v) is 4.81. The van der Waals surface area contributed by atoms with E-state index in [2.05, 4.69) is 36.3 Å². The number of anilines is 1. The molecular formula is C13H10BrN5O. The number of benzene rings is 1. The van der Waals surface area contributed by atoms with Gasteiger partial charge in [-0.05, 0) is 28.1 Å². The second-order valence-electron chi connectivity index (χ2n) is 3.96. The molecule has 0 unspecified atom stereocenters. The number of para-hydroxylation sites is 1. The zero-order valence-corrected chi connectivity index (χ0v) is 11.8. The molecule has 0 aliphatic rings. The molecule has 3 rings (SSSR count). The number of rotatable bonds is 3. The monoisotopic (exact) mass is 331 g/mol. The number of nitrogens with two attached hydrogens (primary N) is 1. The summed E-state index contributed by atoms with van der Waals surface area (Å²) in [6, 6.07) is 9.70. The van der Waals surface area contributed by atoms with Crippen molar-refractivity contribution in [3.63, 3.8) is 0 Å². The van der Waals surface area contributed by atoms with Crippen LogP contribution in [0.3, 0.4) is 0 Å². The topological polar surface area (TPSA) is 86.0 Å². The Balaban J connectivity index is 1.96. The van der Waals surface area contributed by atoms with Gasteiger partial charge in [0.05, 0.1) is 22.4 Å². The first-order valence-electron chi connectivity index (χ1n) is 5.78. The van der Waals surface area contributed by atoms with Crippen LogP contribution in [0.5, 0.6) is 11.6 Å². The normalized spacial score (nSPS) is 10.5. The van der Waals surface area contributed by atoms with Crippen LogP contribution >= 0.6 is 15.9 Å². The third kappa shape index (κ3) is 2.54. The molecule has 6 nitrogen and oxygen atoms in total. The molecule has 100 valence electrons. The number of hydrazine groups is 1. The summed E-state index contributed by atoms with van der Waals surface area (Å²) in [6.07, 6.45) is 3.21. The van der Waals surface area contributed by atoms with E-state index in [9.17, 15) is 0 Å². The molecule has 0 saturated carbocycles. The molecule has 7 heteroatoms. The lowest BCUT2D eigenvalue weighted by molar-refractivity contribution is 0.457. The van der Waals surface area contributed by atoms with Gasteiger partial charge in [0, 0.05) is 5.39 Å². The van der Waals surface area contributed by atoms with E-state index >= 15 is 0 Å². The molecule has 0 aliphatic carbocycles. The Morgan fingerprint density at radius 1 is 1.15 bits per heavy atom. The van der Waals surface area contributed by atoms with E-state index in [1.165, 1.54) is 0 Å². The van der Waals surface area contributed by atoms with Gasteiger partial charge in [0.25, 0.3) is 0 Å². The van der Waals surface area contributed by atoms with E-state index in [1.807, 2.05) is 30.3 Å². The predicted octanol–water partition coefficient (Wildman–Crippen LogP) is 2.87. The SMILES string of the molecule is NNc1ncc(Br)c(Oc2cnc3ccccc3c2)n1. The number of nitrogens with zero attached hydrogens (tertiary/aromatic N) is 3. The Labute approximate surface area is 123 Å². The molecule has 0 amide bonds.